The summed E-state index contributed by atoms with van der Waals surface area (Å²) in [4.78, 5) is 2.67. The maximum Gasteiger partial charge on any atom is 0.124 e. The molecule has 0 aliphatic carbocycles. The summed E-state index contributed by atoms with van der Waals surface area (Å²) < 4.78 is 5.90. The minimum absolute atomic E-state index is 0.593. The van der Waals surface area contributed by atoms with E-state index in [4.69, 9.17) is 16.3 Å². The first-order valence-electron chi connectivity index (χ1n) is 6.78. The van der Waals surface area contributed by atoms with Crippen molar-refractivity contribution in [2.24, 2.45) is 0 Å². The minimum Gasteiger partial charge on any atom is -0.489 e. The molecule has 1 heterocycles. The number of aryl methyl sites for hydroxylation is 2. The topological polar surface area (TPSA) is 21.3 Å². The lowest BCUT2D eigenvalue weighted by molar-refractivity contribution is 0.304. The summed E-state index contributed by atoms with van der Waals surface area (Å²) in [5.74, 6) is 0.858. The molecule has 0 amide bonds. The number of hydrogen-bond donors (Lipinski definition) is 1. The molecule has 108 valence electrons. The molecule has 2 rings (SSSR count). The van der Waals surface area contributed by atoms with Crippen molar-refractivity contribution in [3.63, 3.8) is 0 Å². The van der Waals surface area contributed by atoms with Gasteiger partial charge in [0.15, 0.2) is 0 Å². The molecule has 0 fully saturated rings. The number of hydrogen-bond acceptors (Lipinski definition) is 3. The van der Waals surface area contributed by atoms with E-state index in [1.54, 1.807) is 0 Å². The molecule has 0 saturated heterocycles. The van der Waals surface area contributed by atoms with Gasteiger partial charge in [-0.1, -0.05) is 24.6 Å². The molecule has 2 aromatic rings. The van der Waals surface area contributed by atoms with E-state index in [2.05, 4.69) is 25.2 Å². The van der Waals surface area contributed by atoms with Crippen LogP contribution < -0.4 is 10.1 Å². The molecular weight excluding hydrogens is 290 g/mol. The highest BCUT2D eigenvalue weighted by molar-refractivity contribution is 7.12. The number of halogens is 1. The van der Waals surface area contributed by atoms with Crippen LogP contribution in [0.25, 0.3) is 0 Å². The molecule has 0 atom stereocenters. The fourth-order valence-corrected chi connectivity index (χ4v) is 3.13. The minimum atomic E-state index is 0.593. The van der Waals surface area contributed by atoms with Gasteiger partial charge in [0, 0.05) is 26.9 Å². The van der Waals surface area contributed by atoms with Crippen molar-refractivity contribution in [2.75, 3.05) is 6.54 Å². The van der Waals surface area contributed by atoms with Gasteiger partial charge in [0.1, 0.15) is 12.4 Å². The predicted octanol–water partition coefficient (Wildman–Crippen LogP) is 4.71. The van der Waals surface area contributed by atoms with Crippen molar-refractivity contribution >= 4 is 22.9 Å². The molecule has 2 nitrogen and oxygen atoms in total. The molecule has 0 spiro atoms. The first-order valence-corrected chi connectivity index (χ1v) is 7.97. The van der Waals surface area contributed by atoms with E-state index in [0.29, 0.717) is 11.6 Å². The highest BCUT2D eigenvalue weighted by Crippen LogP contribution is 2.26. The summed E-state index contributed by atoms with van der Waals surface area (Å²) in [7, 11) is 0. The van der Waals surface area contributed by atoms with Gasteiger partial charge < -0.3 is 10.1 Å². The Hall–Kier alpha value is -1.03. The van der Waals surface area contributed by atoms with E-state index >= 15 is 0 Å². The zero-order valence-electron chi connectivity index (χ0n) is 12.1. The molecule has 4 heteroatoms. The Morgan fingerprint density at radius 2 is 2.05 bits per heavy atom. The second-order valence-electron chi connectivity index (χ2n) is 4.77. The summed E-state index contributed by atoms with van der Waals surface area (Å²) in [6, 6.07) is 7.96. The van der Waals surface area contributed by atoms with Crippen LogP contribution in [0.1, 0.15) is 27.8 Å². The van der Waals surface area contributed by atoms with Gasteiger partial charge in [-0.3, -0.25) is 0 Å². The van der Waals surface area contributed by atoms with Gasteiger partial charge in [-0.2, -0.15) is 0 Å². The van der Waals surface area contributed by atoms with Crippen LogP contribution in [0.4, 0.5) is 0 Å². The number of rotatable bonds is 6. The van der Waals surface area contributed by atoms with Crippen LogP contribution in [0.3, 0.4) is 0 Å². The number of thiophene rings is 1. The maximum atomic E-state index is 6.00. The zero-order chi connectivity index (χ0) is 14.5. The molecule has 1 aromatic carbocycles. The maximum absolute atomic E-state index is 6.00. The monoisotopic (exact) mass is 309 g/mol. The third-order valence-corrected chi connectivity index (χ3v) is 4.48. The van der Waals surface area contributed by atoms with Gasteiger partial charge in [-0.05, 0) is 44.2 Å². The Morgan fingerprint density at radius 1 is 1.25 bits per heavy atom. The van der Waals surface area contributed by atoms with Crippen molar-refractivity contribution in [1.29, 1.82) is 0 Å². The second-order valence-corrected chi connectivity index (χ2v) is 6.55. The van der Waals surface area contributed by atoms with Gasteiger partial charge in [0.25, 0.3) is 0 Å². The molecule has 1 aromatic heterocycles. The van der Waals surface area contributed by atoms with Crippen molar-refractivity contribution < 1.29 is 4.74 Å². The van der Waals surface area contributed by atoms with Crippen molar-refractivity contribution in [2.45, 2.75) is 33.9 Å². The summed E-state index contributed by atoms with van der Waals surface area (Å²) >= 11 is 7.83. The summed E-state index contributed by atoms with van der Waals surface area (Å²) in [5, 5.41) is 4.06. The van der Waals surface area contributed by atoms with E-state index in [9.17, 15) is 0 Å². The Kier molecular flexibility index (Phi) is 5.46. The highest BCUT2D eigenvalue weighted by atomic mass is 35.5. The Labute approximate surface area is 129 Å². The lowest BCUT2D eigenvalue weighted by Crippen LogP contribution is -2.10. The lowest BCUT2D eigenvalue weighted by Gasteiger charge is -2.09. The van der Waals surface area contributed by atoms with E-state index in [-0.39, 0.29) is 0 Å². The van der Waals surface area contributed by atoms with Crippen LogP contribution in [-0.4, -0.2) is 6.54 Å². The SMILES string of the molecule is CCNCc1cc(COc2cc(Cl)ccc2C)c(C)s1. The average molecular weight is 310 g/mol. The van der Waals surface area contributed by atoms with Crippen LogP contribution in [0.5, 0.6) is 5.75 Å². The normalized spacial score (nSPS) is 10.8. The van der Waals surface area contributed by atoms with E-state index in [1.807, 2.05) is 36.5 Å². The predicted molar refractivity (Wildman–Crippen MR) is 87.0 cm³/mol. The van der Waals surface area contributed by atoms with E-state index < -0.39 is 0 Å². The molecule has 0 radical (unpaired) electrons. The van der Waals surface area contributed by atoms with Crippen LogP contribution in [-0.2, 0) is 13.2 Å². The van der Waals surface area contributed by atoms with Gasteiger partial charge in [-0.15, -0.1) is 11.3 Å². The standard InChI is InChI=1S/C16H20ClNOS/c1-4-18-9-15-7-13(12(3)20-15)10-19-16-8-14(17)6-5-11(16)2/h5-8,18H,4,9-10H2,1-3H3. The number of benzene rings is 1. The molecular formula is C16H20ClNOS. The van der Waals surface area contributed by atoms with E-state index in [0.717, 1.165) is 24.4 Å². The quantitative estimate of drug-likeness (QED) is 0.834. The Morgan fingerprint density at radius 3 is 2.80 bits per heavy atom. The smallest absolute Gasteiger partial charge is 0.124 e. The lowest BCUT2D eigenvalue weighted by atomic mass is 10.2. The third-order valence-electron chi connectivity index (χ3n) is 3.15. The molecule has 1 N–H and O–H groups in total. The van der Waals surface area contributed by atoms with Crippen molar-refractivity contribution in [3.05, 3.63) is 50.2 Å². The van der Waals surface area contributed by atoms with Crippen LogP contribution in [0, 0.1) is 13.8 Å². The Bertz CT molecular complexity index is 580. The molecule has 0 aliphatic rings. The first kappa shape index (κ1) is 15.4. The average Bonchev–Trinajstić information content (AvgIpc) is 2.78. The third kappa shape index (κ3) is 3.98. The number of ether oxygens (including phenoxy) is 1. The van der Waals surface area contributed by atoms with Crippen LogP contribution in [0.15, 0.2) is 24.3 Å². The van der Waals surface area contributed by atoms with Gasteiger partial charge >= 0.3 is 0 Å². The van der Waals surface area contributed by atoms with Crippen molar-refractivity contribution in [1.82, 2.24) is 5.32 Å². The molecule has 0 unspecified atom stereocenters. The largest absolute Gasteiger partial charge is 0.489 e. The fourth-order valence-electron chi connectivity index (χ4n) is 1.95. The molecule has 0 saturated carbocycles. The highest BCUT2D eigenvalue weighted by Gasteiger charge is 2.07. The molecule has 20 heavy (non-hydrogen) atoms. The second kappa shape index (κ2) is 7.11. The van der Waals surface area contributed by atoms with E-state index in [1.165, 1.54) is 15.3 Å². The van der Waals surface area contributed by atoms with Gasteiger partial charge in [0.05, 0.1) is 0 Å². The first-order chi connectivity index (χ1) is 9.60. The van der Waals surface area contributed by atoms with Crippen LogP contribution in [0.2, 0.25) is 5.02 Å². The Balaban J connectivity index is 2.03. The van der Waals surface area contributed by atoms with Crippen molar-refractivity contribution in [3.8, 4) is 5.75 Å². The van der Waals surface area contributed by atoms with Gasteiger partial charge in [-0.25, -0.2) is 0 Å². The molecule has 0 aliphatic heterocycles. The van der Waals surface area contributed by atoms with Crippen LogP contribution >= 0.6 is 22.9 Å². The number of nitrogens with one attached hydrogen (secondary N) is 1. The summed E-state index contributed by atoms with van der Waals surface area (Å²) in [6.07, 6.45) is 0. The summed E-state index contributed by atoms with van der Waals surface area (Å²) in [6.45, 7) is 8.80. The summed E-state index contributed by atoms with van der Waals surface area (Å²) in [5.41, 5.74) is 2.36. The van der Waals surface area contributed by atoms with Gasteiger partial charge in [0.2, 0.25) is 0 Å². The zero-order valence-corrected chi connectivity index (χ0v) is 13.7. The molecule has 0 bridgehead atoms. The fraction of sp³-hybridized carbons (Fsp3) is 0.375.